The molecule has 0 aromatic heterocycles. The Hall–Kier alpha value is -1.35. The van der Waals surface area contributed by atoms with E-state index in [9.17, 15) is 4.79 Å². The van der Waals surface area contributed by atoms with Crippen LogP contribution in [0.15, 0.2) is 24.3 Å². The van der Waals surface area contributed by atoms with Crippen molar-refractivity contribution in [3.05, 3.63) is 29.8 Å². The smallest absolute Gasteiger partial charge is 0.247 e. The van der Waals surface area contributed by atoms with Crippen LogP contribution in [0.5, 0.6) is 0 Å². The van der Waals surface area contributed by atoms with E-state index in [0.29, 0.717) is 6.54 Å². The highest BCUT2D eigenvalue weighted by atomic mass is 16.2. The third kappa shape index (κ3) is 1.95. The minimum Gasteiger partial charge on any atom is -0.317 e. The predicted octanol–water partition coefficient (Wildman–Crippen LogP) is 1.84. The van der Waals surface area contributed by atoms with Crippen LogP contribution in [-0.4, -0.2) is 18.0 Å². The summed E-state index contributed by atoms with van der Waals surface area (Å²) in [5.74, 6) is 0.0545. The fraction of sp³-hybridized carbons (Fsp3) is 0.462. The van der Waals surface area contributed by atoms with Crippen LogP contribution in [-0.2, 0) is 4.79 Å². The number of hydrogen-bond acceptors (Lipinski definition) is 2. The summed E-state index contributed by atoms with van der Waals surface area (Å²) >= 11 is 0. The first kappa shape index (κ1) is 11.1. The fourth-order valence-electron chi connectivity index (χ4n) is 1.79. The minimum absolute atomic E-state index is 0.0545. The van der Waals surface area contributed by atoms with E-state index < -0.39 is 5.54 Å². The van der Waals surface area contributed by atoms with Gasteiger partial charge in [0.05, 0.1) is 5.54 Å². The van der Waals surface area contributed by atoms with Crippen LogP contribution in [0.1, 0.15) is 25.3 Å². The van der Waals surface area contributed by atoms with Crippen molar-refractivity contribution >= 4 is 11.6 Å². The molecule has 0 spiro atoms. The summed E-state index contributed by atoms with van der Waals surface area (Å²) in [4.78, 5) is 13.9. The standard InChI is InChI=1S/C13H18N2O/c1-3-15(12(16)13(14)8-9-13)11-6-4-10(2)5-7-11/h4-7H,3,8-9,14H2,1-2H3. The fourth-order valence-corrected chi connectivity index (χ4v) is 1.79. The Morgan fingerprint density at radius 2 is 1.94 bits per heavy atom. The van der Waals surface area contributed by atoms with E-state index in [0.717, 1.165) is 18.5 Å². The van der Waals surface area contributed by atoms with Gasteiger partial charge >= 0.3 is 0 Å². The van der Waals surface area contributed by atoms with E-state index >= 15 is 0 Å². The normalized spacial score (nSPS) is 16.9. The molecule has 0 unspecified atom stereocenters. The topological polar surface area (TPSA) is 46.3 Å². The Balaban J connectivity index is 2.22. The van der Waals surface area contributed by atoms with Gasteiger partial charge in [-0.2, -0.15) is 0 Å². The third-order valence-electron chi connectivity index (χ3n) is 3.12. The van der Waals surface area contributed by atoms with Gasteiger partial charge in [0.1, 0.15) is 0 Å². The molecular formula is C13H18N2O. The number of hydrogen-bond donors (Lipinski definition) is 1. The molecule has 86 valence electrons. The first-order chi connectivity index (χ1) is 7.57. The second-order valence-corrected chi connectivity index (χ2v) is 4.54. The summed E-state index contributed by atoms with van der Waals surface area (Å²) in [6.45, 7) is 4.68. The second kappa shape index (κ2) is 3.91. The molecule has 3 nitrogen and oxygen atoms in total. The molecule has 1 fully saturated rings. The van der Waals surface area contributed by atoms with Crippen LogP contribution in [0.3, 0.4) is 0 Å². The number of aryl methyl sites for hydroxylation is 1. The molecule has 2 N–H and O–H groups in total. The van der Waals surface area contributed by atoms with E-state index in [4.69, 9.17) is 5.73 Å². The molecule has 0 bridgehead atoms. The molecule has 0 heterocycles. The van der Waals surface area contributed by atoms with Gasteiger partial charge in [-0.3, -0.25) is 4.79 Å². The van der Waals surface area contributed by atoms with Crippen molar-refractivity contribution in [1.82, 2.24) is 0 Å². The number of nitrogens with two attached hydrogens (primary N) is 1. The Labute approximate surface area is 96.2 Å². The van der Waals surface area contributed by atoms with Crippen molar-refractivity contribution < 1.29 is 4.79 Å². The van der Waals surface area contributed by atoms with Crippen LogP contribution >= 0.6 is 0 Å². The van der Waals surface area contributed by atoms with Crippen molar-refractivity contribution in [2.75, 3.05) is 11.4 Å². The number of anilines is 1. The van der Waals surface area contributed by atoms with Crippen LogP contribution in [0.25, 0.3) is 0 Å². The van der Waals surface area contributed by atoms with Gasteiger partial charge < -0.3 is 10.6 Å². The molecule has 1 aromatic rings. The highest BCUT2D eigenvalue weighted by Crippen LogP contribution is 2.35. The molecule has 16 heavy (non-hydrogen) atoms. The molecule has 1 amide bonds. The predicted molar refractivity (Wildman–Crippen MR) is 65.4 cm³/mol. The quantitative estimate of drug-likeness (QED) is 0.841. The average molecular weight is 218 g/mol. The maximum Gasteiger partial charge on any atom is 0.247 e. The Morgan fingerprint density at radius 1 is 1.38 bits per heavy atom. The van der Waals surface area contributed by atoms with Crippen LogP contribution in [0.2, 0.25) is 0 Å². The van der Waals surface area contributed by atoms with E-state index in [-0.39, 0.29) is 5.91 Å². The number of carbonyl (C=O) groups is 1. The van der Waals surface area contributed by atoms with Crippen LogP contribution < -0.4 is 10.6 Å². The van der Waals surface area contributed by atoms with Gasteiger partial charge in [0.15, 0.2) is 0 Å². The monoisotopic (exact) mass is 218 g/mol. The average Bonchev–Trinajstić information content (AvgIpc) is 3.01. The van der Waals surface area contributed by atoms with Crippen LogP contribution in [0.4, 0.5) is 5.69 Å². The molecule has 1 saturated carbocycles. The van der Waals surface area contributed by atoms with Crippen LogP contribution in [0, 0.1) is 6.92 Å². The summed E-state index contributed by atoms with van der Waals surface area (Å²) in [5.41, 5.74) is 7.50. The highest BCUT2D eigenvalue weighted by molar-refractivity contribution is 6.02. The molecule has 0 aliphatic heterocycles. The van der Waals surface area contributed by atoms with Crippen molar-refractivity contribution in [2.24, 2.45) is 5.73 Å². The lowest BCUT2D eigenvalue weighted by molar-refractivity contribution is -0.120. The Morgan fingerprint density at radius 3 is 2.38 bits per heavy atom. The Bertz CT molecular complexity index is 393. The van der Waals surface area contributed by atoms with E-state index in [1.54, 1.807) is 4.90 Å². The lowest BCUT2D eigenvalue weighted by Crippen LogP contribution is -2.45. The number of carbonyl (C=O) groups excluding carboxylic acids is 1. The molecular weight excluding hydrogens is 200 g/mol. The van der Waals surface area contributed by atoms with Crippen molar-refractivity contribution in [3.63, 3.8) is 0 Å². The molecule has 1 aliphatic rings. The summed E-state index contributed by atoms with van der Waals surface area (Å²) < 4.78 is 0. The molecule has 0 saturated heterocycles. The first-order valence-electron chi connectivity index (χ1n) is 5.74. The lowest BCUT2D eigenvalue weighted by Gasteiger charge is -2.24. The first-order valence-corrected chi connectivity index (χ1v) is 5.74. The summed E-state index contributed by atoms with van der Waals surface area (Å²) in [5, 5.41) is 0. The van der Waals surface area contributed by atoms with E-state index in [2.05, 4.69) is 0 Å². The van der Waals surface area contributed by atoms with Gasteiger partial charge in [0.25, 0.3) is 0 Å². The zero-order chi connectivity index (χ0) is 11.8. The van der Waals surface area contributed by atoms with E-state index in [1.165, 1.54) is 5.56 Å². The van der Waals surface area contributed by atoms with E-state index in [1.807, 2.05) is 38.1 Å². The SMILES string of the molecule is CCN(C(=O)C1(N)CC1)c1ccc(C)cc1. The number of amides is 1. The number of rotatable bonds is 3. The summed E-state index contributed by atoms with van der Waals surface area (Å²) in [7, 11) is 0. The summed E-state index contributed by atoms with van der Waals surface area (Å²) in [6.07, 6.45) is 1.63. The maximum atomic E-state index is 12.1. The van der Waals surface area contributed by atoms with Gasteiger partial charge in [0, 0.05) is 12.2 Å². The zero-order valence-corrected chi connectivity index (χ0v) is 9.86. The van der Waals surface area contributed by atoms with Crippen molar-refractivity contribution in [1.29, 1.82) is 0 Å². The van der Waals surface area contributed by atoms with Crippen molar-refractivity contribution in [3.8, 4) is 0 Å². The van der Waals surface area contributed by atoms with Gasteiger partial charge in [0.2, 0.25) is 5.91 Å². The largest absolute Gasteiger partial charge is 0.317 e. The number of benzene rings is 1. The van der Waals surface area contributed by atoms with Gasteiger partial charge in [-0.05, 0) is 38.8 Å². The lowest BCUT2D eigenvalue weighted by atomic mass is 10.2. The van der Waals surface area contributed by atoms with Gasteiger partial charge in [-0.25, -0.2) is 0 Å². The molecule has 0 atom stereocenters. The minimum atomic E-state index is -0.582. The molecule has 2 rings (SSSR count). The molecule has 1 aliphatic carbocycles. The summed E-state index contributed by atoms with van der Waals surface area (Å²) in [6, 6.07) is 7.98. The van der Waals surface area contributed by atoms with Gasteiger partial charge in [-0.1, -0.05) is 17.7 Å². The number of likely N-dealkylation sites (N-methyl/N-ethyl adjacent to an activating group) is 1. The zero-order valence-electron chi connectivity index (χ0n) is 9.86. The van der Waals surface area contributed by atoms with Gasteiger partial charge in [-0.15, -0.1) is 0 Å². The Kier molecular flexibility index (Phi) is 2.72. The third-order valence-corrected chi connectivity index (χ3v) is 3.12. The van der Waals surface area contributed by atoms with Crippen molar-refractivity contribution in [2.45, 2.75) is 32.2 Å². The molecule has 0 radical (unpaired) electrons. The maximum absolute atomic E-state index is 12.1. The molecule has 1 aromatic carbocycles. The second-order valence-electron chi connectivity index (χ2n) is 4.54. The molecule has 3 heteroatoms. The number of nitrogens with zero attached hydrogens (tertiary/aromatic N) is 1. The highest BCUT2D eigenvalue weighted by Gasteiger charge is 2.48.